The van der Waals surface area contributed by atoms with Crippen LogP contribution in [0, 0.1) is 0 Å². The molecular formula is C20H27N3O. The van der Waals surface area contributed by atoms with Gasteiger partial charge in [-0.25, -0.2) is 4.99 Å². The van der Waals surface area contributed by atoms with Gasteiger partial charge in [0.15, 0.2) is 11.5 Å². The highest BCUT2D eigenvalue weighted by molar-refractivity contribution is 6.04. The molecule has 0 atom stereocenters. The average molecular weight is 325 g/mol. The Morgan fingerprint density at radius 3 is 2.38 bits per heavy atom. The Morgan fingerprint density at radius 2 is 1.71 bits per heavy atom. The summed E-state index contributed by atoms with van der Waals surface area (Å²) in [6.45, 7) is 12.7. The lowest BCUT2D eigenvalue weighted by Crippen LogP contribution is -2.25. The first kappa shape index (κ1) is 16.6. The molecule has 0 aromatic heterocycles. The van der Waals surface area contributed by atoms with Crippen LogP contribution in [-0.4, -0.2) is 36.8 Å². The van der Waals surface area contributed by atoms with Crippen LogP contribution < -0.4 is 9.64 Å². The normalized spacial score (nSPS) is 15.4. The maximum absolute atomic E-state index is 6.22. The Labute approximate surface area is 145 Å². The van der Waals surface area contributed by atoms with E-state index in [1.165, 1.54) is 11.4 Å². The zero-order valence-corrected chi connectivity index (χ0v) is 15.2. The summed E-state index contributed by atoms with van der Waals surface area (Å²) >= 11 is 0. The molecule has 0 fully saturated rings. The van der Waals surface area contributed by atoms with Crippen molar-refractivity contribution in [3.63, 3.8) is 0 Å². The van der Waals surface area contributed by atoms with Crippen molar-refractivity contribution < 1.29 is 4.74 Å². The second kappa shape index (κ2) is 7.12. The third-order valence-electron chi connectivity index (χ3n) is 4.74. The molecule has 24 heavy (non-hydrogen) atoms. The van der Waals surface area contributed by atoms with Gasteiger partial charge < -0.3 is 14.5 Å². The van der Waals surface area contributed by atoms with Crippen LogP contribution in [0.2, 0.25) is 0 Å². The first-order chi connectivity index (χ1) is 11.7. The molecule has 128 valence electrons. The highest BCUT2D eigenvalue weighted by atomic mass is 16.5. The van der Waals surface area contributed by atoms with Crippen LogP contribution in [0.3, 0.4) is 0 Å². The topological polar surface area (TPSA) is 28.1 Å². The van der Waals surface area contributed by atoms with Crippen molar-refractivity contribution in [2.24, 2.45) is 4.99 Å². The van der Waals surface area contributed by atoms with E-state index in [1.807, 2.05) is 0 Å². The van der Waals surface area contributed by atoms with E-state index >= 15 is 0 Å². The molecule has 1 aliphatic heterocycles. The van der Waals surface area contributed by atoms with Gasteiger partial charge in [-0.2, -0.15) is 0 Å². The van der Waals surface area contributed by atoms with Crippen LogP contribution in [0.25, 0.3) is 0 Å². The lowest BCUT2D eigenvalue weighted by molar-refractivity contribution is 0.384. The third-order valence-corrected chi connectivity index (χ3v) is 4.74. The molecular weight excluding hydrogens is 298 g/mol. The van der Waals surface area contributed by atoms with Crippen molar-refractivity contribution in [2.75, 3.05) is 31.1 Å². The Hall–Kier alpha value is -2.23. The minimum atomic E-state index is 0.828. The molecule has 0 bridgehead atoms. The van der Waals surface area contributed by atoms with Crippen LogP contribution >= 0.6 is 0 Å². The van der Waals surface area contributed by atoms with Crippen molar-refractivity contribution >= 4 is 17.1 Å². The lowest BCUT2D eigenvalue weighted by Gasteiger charge is -2.28. The van der Waals surface area contributed by atoms with E-state index in [-0.39, 0.29) is 0 Å². The highest BCUT2D eigenvalue weighted by Crippen LogP contribution is 2.38. The number of hydrogen-bond donors (Lipinski definition) is 0. The van der Waals surface area contributed by atoms with Gasteiger partial charge in [0.25, 0.3) is 0 Å². The lowest BCUT2D eigenvalue weighted by atomic mass is 10.1. The molecule has 0 saturated carbocycles. The predicted molar refractivity (Wildman–Crippen MR) is 101 cm³/mol. The van der Waals surface area contributed by atoms with Crippen LogP contribution in [0.15, 0.2) is 46.8 Å². The number of likely N-dealkylation sites (N-methyl/N-ethyl adjacent to an activating group) is 1. The number of fused-ring (bicyclic) bond motifs is 2. The Morgan fingerprint density at radius 1 is 1.00 bits per heavy atom. The molecule has 0 saturated heterocycles. The molecule has 1 aromatic carbocycles. The Bertz CT molecular complexity index is 695. The monoisotopic (exact) mass is 325 g/mol. The smallest absolute Gasteiger partial charge is 0.155 e. The van der Waals surface area contributed by atoms with Gasteiger partial charge in [0.1, 0.15) is 5.69 Å². The summed E-state index contributed by atoms with van der Waals surface area (Å²) in [6, 6.07) is 6.31. The number of rotatable bonds is 6. The number of nitrogens with zero attached hydrogens (tertiary/aromatic N) is 3. The summed E-state index contributed by atoms with van der Waals surface area (Å²) in [4.78, 5) is 9.47. The van der Waals surface area contributed by atoms with Gasteiger partial charge in [-0.15, -0.1) is 0 Å². The molecule has 4 heteroatoms. The number of hydrogen-bond acceptors (Lipinski definition) is 4. The van der Waals surface area contributed by atoms with E-state index in [1.54, 1.807) is 0 Å². The summed E-state index contributed by atoms with van der Waals surface area (Å²) in [5.41, 5.74) is 4.37. The van der Waals surface area contributed by atoms with Crippen LogP contribution in [0.5, 0.6) is 5.75 Å². The summed E-state index contributed by atoms with van der Waals surface area (Å²) < 4.78 is 6.22. The van der Waals surface area contributed by atoms with E-state index in [9.17, 15) is 0 Å². The Balaban J connectivity index is 1.90. The molecule has 1 aromatic rings. The molecule has 4 nitrogen and oxygen atoms in total. The van der Waals surface area contributed by atoms with Gasteiger partial charge in [0, 0.05) is 56.1 Å². The fraction of sp³-hybridized carbons (Fsp3) is 0.450. The van der Waals surface area contributed by atoms with Gasteiger partial charge in [0.2, 0.25) is 0 Å². The molecule has 3 rings (SSSR count). The summed E-state index contributed by atoms with van der Waals surface area (Å²) in [6.07, 6.45) is 5.20. The zero-order valence-electron chi connectivity index (χ0n) is 15.2. The van der Waals surface area contributed by atoms with Crippen LogP contribution in [0.4, 0.5) is 11.4 Å². The van der Waals surface area contributed by atoms with Crippen LogP contribution in [-0.2, 0) is 0 Å². The van der Waals surface area contributed by atoms with Crippen molar-refractivity contribution in [2.45, 2.75) is 34.1 Å². The summed E-state index contributed by atoms with van der Waals surface area (Å²) in [7, 11) is 0. The van der Waals surface area contributed by atoms with E-state index in [0.29, 0.717) is 0 Å². The maximum Gasteiger partial charge on any atom is 0.155 e. The molecule has 1 heterocycles. The van der Waals surface area contributed by atoms with Crippen molar-refractivity contribution in [3.8, 4) is 5.75 Å². The number of aliphatic imine (C=N–C) groups is 1. The van der Waals surface area contributed by atoms with Gasteiger partial charge in [-0.3, -0.25) is 0 Å². The standard InChI is InChI=1S/C20H27N3O/c1-5-22(6-2)15-9-11-17-19(13-15)24-20-14-16(23(7-3)8-4)10-12-18(20)21-17/h9-11,13-14H,5-8,12H2,1-4H3. The minimum absolute atomic E-state index is 0.828. The molecule has 0 N–H and O–H groups in total. The molecule has 0 spiro atoms. The number of benzene rings is 1. The quantitative estimate of drug-likeness (QED) is 0.770. The molecule has 1 aliphatic carbocycles. The number of ether oxygens (including phenoxy) is 1. The van der Waals surface area contributed by atoms with E-state index < -0.39 is 0 Å². The molecule has 2 aliphatic rings. The minimum Gasteiger partial charge on any atom is -0.453 e. The second-order valence-corrected chi connectivity index (χ2v) is 6.00. The van der Waals surface area contributed by atoms with Gasteiger partial charge in [-0.05, 0) is 39.8 Å². The highest BCUT2D eigenvalue weighted by Gasteiger charge is 2.23. The van der Waals surface area contributed by atoms with E-state index in [4.69, 9.17) is 9.73 Å². The SMILES string of the molecule is CCN(CC)C1=CCC2=Nc3ccc(N(CC)CC)cc3OC2=C1. The number of anilines is 1. The van der Waals surface area contributed by atoms with Crippen LogP contribution in [0.1, 0.15) is 34.1 Å². The predicted octanol–water partition coefficient (Wildman–Crippen LogP) is 4.51. The summed E-state index contributed by atoms with van der Waals surface area (Å²) in [5, 5.41) is 0. The largest absolute Gasteiger partial charge is 0.453 e. The summed E-state index contributed by atoms with van der Waals surface area (Å²) in [5.74, 6) is 1.75. The molecule has 0 amide bonds. The third kappa shape index (κ3) is 3.05. The van der Waals surface area contributed by atoms with Crippen molar-refractivity contribution in [1.29, 1.82) is 0 Å². The molecule has 0 radical (unpaired) electrons. The first-order valence-electron chi connectivity index (χ1n) is 9.01. The average Bonchev–Trinajstić information content (AvgIpc) is 2.62. The fourth-order valence-electron chi connectivity index (χ4n) is 3.30. The first-order valence-corrected chi connectivity index (χ1v) is 9.01. The maximum atomic E-state index is 6.22. The van der Waals surface area contributed by atoms with Gasteiger partial charge in [-0.1, -0.05) is 6.08 Å². The molecule has 0 unspecified atom stereocenters. The number of allylic oxidation sites excluding steroid dienone is 3. The fourth-order valence-corrected chi connectivity index (χ4v) is 3.30. The van der Waals surface area contributed by atoms with E-state index in [0.717, 1.165) is 55.5 Å². The van der Waals surface area contributed by atoms with Gasteiger partial charge >= 0.3 is 0 Å². The van der Waals surface area contributed by atoms with Gasteiger partial charge in [0.05, 0.1) is 5.71 Å². The van der Waals surface area contributed by atoms with Crippen molar-refractivity contribution in [3.05, 3.63) is 41.8 Å². The van der Waals surface area contributed by atoms with Crippen molar-refractivity contribution in [1.82, 2.24) is 4.90 Å². The second-order valence-electron chi connectivity index (χ2n) is 6.00. The Kier molecular flexibility index (Phi) is 4.93. The zero-order chi connectivity index (χ0) is 17.1. The van der Waals surface area contributed by atoms with E-state index in [2.05, 4.69) is 67.8 Å².